The zero-order valence-corrected chi connectivity index (χ0v) is 11.8. The maximum absolute atomic E-state index is 11.2. The van der Waals surface area contributed by atoms with Crippen molar-refractivity contribution < 1.29 is 9.66 Å². The van der Waals surface area contributed by atoms with Crippen LogP contribution in [0.15, 0.2) is 18.2 Å². The van der Waals surface area contributed by atoms with Crippen molar-refractivity contribution >= 4 is 11.4 Å². The maximum atomic E-state index is 11.2. The Hall–Kier alpha value is -1.82. The number of benzene rings is 1. The monoisotopic (exact) mass is 267 g/mol. The van der Waals surface area contributed by atoms with Crippen molar-refractivity contribution in [2.75, 3.05) is 19.0 Å². The Bertz CT molecular complexity index is 462. The summed E-state index contributed by atoms with van der Waals surface area (Å²) in [6, 6.07) is 4.95. The molecule has 0 fully saturated rings. The van der Waals surface area contributed by atoms with Crippen LogP contribution in [0.1, 0.15) is 20.8 Å². The largest absolute Gasteiger partial charge is 0.490 e. The number of nitrogens with one attached hydrogen (secondary N) is 1. The predicted molar refractivity (Wildman–Crippen MR) is 75.6 cm³/mol. The molecule has 6 heteroatoms. The standard InChI is InChI=1S/C13H21N3O3/c1-9(2)13(3,8-14)15-10-6-5-7-11(19-4)12(10)16(17)18/h5-7,9,15H,8,14H2,1-4H3. The Morgan fingerprint density at radius 2 is 2.16 bits per heavy atom. The molecule has 3 N–H and O–H groups in total. The third kappa shape index (κ3) is 3.14. The molecule has 1 aromatic carbocycles. The molecule has 0 aliphatic heterocycles. The lowest BCUT2D eigenvalue weighted by Crippen LogP contribution is -2.47. The van der Waals surface area contributed by atoms with E-state index in [1.54, 1.807) is 18.2 Å². The highest BCUT2D eigenvalue weighted by molar-refractivity contribution is 5.69. The van der Waals surface area contributed by atoms with Crippen LogP contribution in [-0.2, 0) is 0 Å². The molecule has 19 heavy (non-hydrogen) atoms. The summed E-state index contributed by atoms with van der Waals surface area (Å²) < 4.78 is 5.04. The first-order valence-electron chi connectivity index (χ1n) is 6.15. The summed E-state index contributed by atoms with van der Waals surface area (Å²) in [5.41, 5.74) is 5.73. The van der Waals surface area contributed by atoms with Crippen LogP contribution in [0.5, 0.6) is 5.75 Å². The molecule has 1 unspecified atom stereocenters. The lowest BCUT2D eigenvalue weighted by molar-refractivity contribution is -0.384. The number of methoxy groups -OCH3 is 1. The van der Waals surface area contributed by atoms with Crippen LogP contribution in [0.4, 0.5) is 11.4 Å². The zero-order chi connectivity index (χ0) is 14.6. The summed E-state index contributed by atoms with van der Waals surface area (Å²) in [4.78, 5) is 10.8. The first-order chi connectivity index (χ1) is 8.85. The van der Waals surface area contributed by atoms with Gasteiger partial charge in [0.1, 0.15) is 5.69 Å². The summed E-state index contributed by atoms with van der Waals surface area (Å²) in [6.07, 6.45) is 0. The third-order valence-electron chi connectivity index (χ3n) is 3.52. The highest BCUT2D eigenvalue weighted by Gasteiger charge is 2.30. The van der Waals surface area contributed by atoms with Crippen molar-refractivity contribution in [2.45, 2.75) is 26.3 Å². The second kappa shape index (κ2) is 5.88. The number of anilines is 1. The molecule has 0 spiro atoms. The van der Waals surface area contributed by atoms with Crippen molar-refractivity contribution in [2.24, 2.45) is 11.7 Å². The molecule has 0 saturated carbocycles. The van der Waals surface area contributed by atoms with Crippen molar-refractivity contribution in [3.05, 3.63) is 28.3 Å². The Balaban J connectivity index is 3.24. The van der Waals surface area contributed by atoms with Gasteiger partial charge in [-0.15, -0.1) is 0 Å². The molecule has 0 aliphatic carbocycles. The van der Waals surface area contributed by atoms with E-state index in [1.165, 1.54) is 7.11 Å². The van der Waals surface area contributed by atoms with Gasteiger partial charge < -0.3 is 15.8 Å². The van der Waals surface area contributed by atoms with E-state index in [0.29, 0.717) is 12.2 Å². The molecule has 0 amide bonds. The molecule has 0 heterocycles. The molecule has 1 aromatic rings. The zero-order valence-electron chi connectivity index (χ0n) is 11.8. The fraction of sp³-hybridized carbons (Fsp3) is 0.538. The quantitative estimate of drug-likeness (QED) is 0.610. The average molecular weight is 267 g/mol. The van der Waals surface area contributed by atoms with E-state index in [4.69, 9.17) is 10.5 Å². The molecule has 0 aliphatic rings. The van der Waals surface area contributed by atoms with Gasteiger partial charge >= 0.3 is 5.69 Å². The average Bonchev–Trinajstić information content (AvgIpc) is 2.37. The van der Waals surface area contributed by atoms with Crippen molar-refractivity contribution in [3.63, 3.8) is 0 Å². The first-order valence-corrected chi connectivity index (χ1v) is 6.15. The second-order valence-electron chi connectivity index (χ2n) is 5.01. The van der Waals surface area contributed by atoms with E-state index in [-0.39, 0.29) is 17.4 Å². The number of nitro benzene ring substituents is 1. The Kier molecular flexibility index (Phi) is 4.72. The SMILES string of the molecule is COc1cccc(NC(C)(CN)C(C)C)c1[N+](=O)[O-]. The molecular formula is C13H21N3O3. The van der Waals surface area contributed by atoms with Crippen molar-refractivity contribution in [3.8, 4) is 5.75 Å². The molecule has 0 saturated heterocycles. The van der Waals surface area contributed by atoms with Gasteiger partial charge in [0.25, 0.3) is 0 Å². The summed E-state index contributed by atoms with van der Waals surface area (Å²) in [6.45, 7) is 6.36. The molecule has 0 aromatic heterocycles. The lowest BCUT2D eigenvalue weighted by atomic mass is 9.88. The van der Waals surface area contributed by atoms with Crippen molar-refractivity contribution in [1.82, 2.24) is 0 Å². The van der Waals surface area contributed by atoms with E-state index >= 15 is 0 Å². The number of nitrogens with two attached hydrogens (primary N) is 1. The van der Waals surface area contributed by atoms with E-state index in [0.717, 1.165) is 0 Å². The van der Waals surface area contributed by atoms with Crippen LogP contribution in [0.3, 0.4) is 0 Å². The van der Waals surface area contributed by atoms with Gasteiger partial charge in [-0.25, -0.2) is 0 Å². The fourth-order valence-corrected chi connectivity index (χ4v) is 1.71. The minimum Gasteiger partial charge on any atom is -0.490 e. The Morgan fingerprint density at radius 1 is 1.53 bits per heavy atom. The van der Waals surface area contributed by atoms with Crippen LogP contribution in [0, 0.1) is 16.0 Å². The van der Waals surface area contributed by atoms with Gasteiger partial charge in [0.05, 0.1) is 12.0 Å². The van der Waals surface area contributed by atoms with E-state index in [9.17, 15) is 10.1 Å². The van der Waals surface area contributed by atoms with Crippen LogP contribution in [0.2, 0.25) is 0 Å². The summed E-state index contributed by atoms with van der Waals surface area (Å²) in [5, 5.41) is 14.4. The highest BCUT2D eigenvalue weighted by Crippen LogP contribution is 2.36. The number of ether oxygens (including phenoxy) is 1. The van der Waals surface area contributed by atoms with Crippen LogP contribution < -0.4 is 15.8 Å². The molecule has 106 valence electrons. The van der Waals surface area contributed by atoms with Gasteiger partial charge in [0.15, 0.2) is 5.75 Å². The molecule has 0 bridgehead atoms. The number of rotatable bonds is 6. The first kappa shape index (κ1) is 15.2. The van der Waals surface area contributed by atoms with Gasteiger partial charge in [-0.1, -0.05) is 19.9 Å². The predicted octanol–water partition coefficient (Wildman–Crippen LogP) is 2.39. The lowest BCUT2D eigenvalue weighted by Gasteiger charge is -2.34. The van der Waals surface area contributed by atoms with Gasteiger partial charge in [-0.2, -0.15) is 0 Å². The fourth-order valence-electron chi connectivity index (χ4n) is 1.71. The number of nitro groups is 1. The molecular weight excluding hydrogens is 246 g/mol. The highest BCUT2D eigenvalue weighted by atomic mass is 16.6. The second-order valence-corrected chi connectivity index (χ2v) is 5.01. The van der Waals surface area contributed by atoms with Gasteiger partial charge in [0, 0.05) is 12.1 Å². The number of hydrogen-bond acceptors (Lipinski definition) is 5. The Labute approximate surface area is 113 Å². The van der Waals surface area contributed by atoms with Gasteiger partial charge in [0.2, 0.25) is 0 Å². The van der Waals surface area contributed by atoms with Crippen LogP contribution in [-0.4, -0.2) is 24.1 Å². The minimum absolute atomic E-state index is 0.0645. The summed E-state index contributed by atoms with van der Waals surface area (Å²) >= 11 is 0. The topological polar surface area (TPSA) is 90.4 Å². The van der Waals surface area contributed by atoms with E-state index < -0.39 is 10.5 Å². The maximum Gasteiger partial charge on any atom is 0.333 e. The number of nitrogens with zero attached hydrogens (tertiary/aromatic N) is 1. The molecule has 1 rings (SSSR count). The van der Waals surface area contributed by atoms with E-state index in [1.807, 2.05) is 20.8 Å². The van der Waals surface area contributed by atoms with Gasteiger partial charge in [-0.05, 0) is 25.0 Å². The smallest absolute Gasteiger partial charge is 0.333 e. The summed E-state index contributed by atoms with van der Waals surface area (Å²) in [5.74, 6) is 0.460. The summed E-state index contributed by atoms with van der Waals surface area (Å²) in [7, 11) is 1.41. The third-order valence-corrected chi connectivity index (χ3v) is 3.52. The minimum atomic E-state index is -0.446. The van der Waals surface area contributed by atoms with Crippen LogP contribution >= 0.6 is 0 Å². The normalized spacial score (nSPS) is 14.0. The van der Waals surface area contributed by atoms with E-state index in [2.05, 4.69) is 5.32 Å². The number of para-hydroxylation sites is 1. The van der Waals surface area contributed by atoms with Crippen molar-refractivity contribution in [1.29, 1.82) is 0 Å². The molecule has 1 atom stereocenters. The molecule has 0 radical (unpaired) electrons. The molecule has 6 nitrogen and oxygen atoms in total. The number of hydrogen-bond donors (Lipinski definition) is 2. The van der Waals surface area contributed by atoms with Gasteiger partial charge in [-0.3, -0.25) is 10.1 Å². The van der Waals surface area contributed by atoms with Crippen LogP contribution in [0.25, 0.3) is 0 Å². The Morgan fingerprint density at radius 3 is 2.58 bits per heavy atom.